The van der Waals surface area contributed by atoms with Gasteiger partial charge in [0.25, 0.3) is 0 Å². The molecule has 1 unspecified atom stereocenters. The molecule has 0 amide bonds. The summed E-state index contributed by atoms with van der Waals surface area (Å²) in [5, 5.41) is 12.0. The standard InChI is InChI=1S/C13H21N5/c1-10-12(9-17(3)16-10)13(14-2)6-5-11-7-8-15-18(11)4/h7-9,13-14H,5-6H2,1-4H3. The maximum Gasteiger partial charge on any atom is 0.0641 e. The van der Waals surface area contributed by atoms with Gasteiger partial charge < -0.3 is 5.32 Å². The van der Waals surface area contributed by atoms with E-state index in [2.05, 4.69) is 34.7 Å². The van der Waals surface area contributed by atoms with Crippen LogP contribution < -0.4 is 5.32 Å². The average molecular weight is 247 g/mol. The van der Waals surface area contributed by atoms with Crippen molar-refractivity contribution in [2.24, 2.45) is 14.1 Å². The molecule has 0 aliphatic rings. The van der Waals surface area contributed by atoms with Gasteiger partial charge in [-0.15, -0.1) is 0 Å². The molecule has 0 saturated heterocycles. The van der Waals surface area contributed by atoms with Crippen LogP contribution in [0.1, 0.15) is 29.4 Å². The van der Waals surface area contributed by atoms with Crippen LogP contribution in [-0.4, -0.2) is 26.6 Å². The van der Waals surface area contributed by atoms with Crippen molar-refractivity contribution in [1.29, 1.82) is 0 Å². The second-order valence-corrected chi connectivity index (χ2v) is 4.67. The topological polar surface area (TPSA) is 47.7 Å². The molecule has 18 heavy (non-hydrogen) atoms. The lowest BCUT2D eigenvalue weighted by Crippen LogP contribution is -2.18. The summed E-state index contributed by atoms with van der Waals surface area (Å²) in [6, 6.07) is 2.41. The van der Waals surface area contributed by atoms with Crippen molar-refractivity contribution in [1.82, 2.24) is 24.9 Å². The summed E-state index contributed by atoms with van der Waals surface area (Å²) < 4.78 is 3.81. The molecule has 0 fully saturated rings. The zero-order valence-corrected chi connectivity index (χ0v) is 11.5. The molecular weight excluding hydrogens is 226 g/mol. The number of hydrogen-bond donors (Lipinski definition) is 1. The summed E-state index contributed by atoms with van der Waals surface area (Å²) in [4.78, 5) is 0. The lowest BCUT2D eigenvalue weighted by atomic mass is 10.0. The molecule has 0 aromatic carbocycles. The van der Waals surface area contributed by atoms with E-state index in [0.29, 0.717) is 6.04 Å². The first kappa shape index (κ1) is 12.8. The quantitative estimate of drug-likeness (QED) is 0.867. The van der Waals surface area contributed by atoms with Crippen LogP contribution in [0.4, 0.5) is 0 Å². The Labute approximate surface area is 108 Å². The third-order valence-electron chi connectivity index (χ3n) is 3.39. The summed E-state index contributed by atoms with van der Waals surface area (Å²) in [6.45, 7) is 2.06. The Hall–Kier alpha value is -1.62. The van der Waals surface area contributed by atoms with Crippen LogP contribution in [0.15, 0.2) is 18.5 Å². The van der Waals surface area contributed by atoms with E-state index in [1.54, 1.807) is 0 Å². The minimum absolute atomic E-state index is 0.341. The molecule has 0 saturated carbocycles. The van der Waals surface area contributed by atoms with Crippen LogP contribution in [0.25, 0.3) is 0 Å². The number of aryl methyl sites for hydroxylation is 4. The number of nitrogens with zero attached hydrogens (tertiary/aromatic N) is 4. The van der Waals surface area contributed by atoms with E-state index >= 15 is 0 Å². The largest absolute Gasteiger partial charge is 0.313 e. The fourth-order valence-electron chi connectivity index (χ4n) is 2.35. The molecule has 0 aliphatic heterocycles. The molecule has 2 heterocycles. The molecule has 0 radical (unpaired) electrons. The predicted molar refractivity (Wildman–Crippen MR) is 71.3 cm³/mol. The van der Waals surface area contributed by atoms with Crippen LogP contribution in [0.3, 0.4) is 0 Å². The average Bonchev–Trinajstić information content (AvgIpc) is 2.87. The van der Waals surface area contributed by atoms with Gasteiger partial charge in [0.05, 0.1) is 5.69 Å². The molecule has 0 bridgehead atoms. The first-order valence-electron chi connectivity index (χ1n) is 6.26. The summed E-state index contributed by atoms with van der Waals surface area (Å²) in [5.41, 5.74) is 3.64. The van der Waals surface area contributed by atoms with Crippen LogP contribution in [0.5, 0.6) is 0 Å². The third-order valence-corrected chi connectivity index (χ3v) is 3.39. The number of hydrogen-bond acceptors (Lipinski definition) is 3. The highest BCUT2D eigenvalue weighted by atomic mass is 15.3. The molecular formula is C13H21N5. The van der Waals surface area contributed by atoms with Crippen molar-refractivity contribution in [3.05, 3.63) is 35.4 Å². The molecule has 98 valence electrons. The molecule has 0 spiro atoms. The van der Waals surface area contributed by atoms with Crippen molar-refractivity contribution < 1.29 is 0 Å². The van der Waals surface area contributed by atoms with Crippen LogP contribution in [0, 0.1) is 6.92 Å². The Morgan fingerprint density at radius 3 is 2.67 bits per heavy atom. The Kier molecular flexibility index (Phi) is 3.81. The van der Waals surface area contributed by atoms with E-state index in [9.17, 15) is 0 Å². The minimum atomic E-state index is 0.341. The van der Waals surface area contributed by atoms with E-state index < -0.39 is 0 Å². The molecule has 2 rings (SSSR count). The molecule has 1 N–H and O–H groups in total. The van der Waals surface area contributed by atoms with Gasteiger partial charge >= 0.3 is 0 Å². The summed E-state index contributed by atoms with van der Waals surface area (Å²) in [6.07, 6.45) is 6.00. The smallest absolute Gasteiger partial charge is 0.0641 e. The second kappa shape index (κ2) is 5.35. The maximum absolute atomic E-state index is 4.40. The first-order chi connectivity index (χ1) is 8.61. The van der Waals surface area contributed by atoms with Crippen molar-refractivity contribution in [2.75, 3.05) is 7.05 Å². The Morgan fingerprint density at radius 2 is 2.17 bits per heavy atom. The fourth-order valence-corrected chi connectivity index (χ4v) is 2.35. The van der Waals surface area contributed by atoms with Crippen LogP contribution in [-0.2, 0) is 20.5 Å². The molecule has 5 nitrogen and oxygen atoms in total. The zero-order chi connectivity index (χ0) is 13.1. The van der Waals surface area contributed by atoms with Gasteiger partial charge in [-0.1, -0.05) is 0 Å². The minimum Gasteiger partial charge on any atom is -0.313 e. The highest BCUT2D eigenvalue weighted by Crippen LogP contribution is 2.21. The molecule has 2 aromatic heterocycles. The van der Waals surface area contributed by atoms with Crippen molar-refractivity contribution in [2.45, 2.75) is 25.8 Å². The van der Waals surface area contributed by atoms with Crippen molar-refractivity contribution in [3.63, 3.8) is 0 Å². The van der Waals surface area contributed by atoms with Gasteiger partial charge in [0.1, 0.15) is 0 Å². The number of aromatic nitrogens is 4. The SMILES string of the molecule is CNC(CCc1ccnn1C)c1cn(C)nc1C. The van der Waals surface area contributed by atoms with Gasteiger partial charge in [-0.25, -0.2) is 0 Å². The van der Waals surface area contributed by atoms with Gasteiger partial charge in [0.15, 0.2) is 0 Å². The van der Waals surface area contributed by atoms with E-state index in [0.717, 1.165) is 18.5 Å². The molecule has 2 aromatic rings. The van der Waals surface area contributed by atoms with E-state index in [4.69, 9.17) is 0 Å². The van der Waals surface area contributed by atoms with Crippen LogP contribution >= 0.6 is 0 Å². The van der Waals surface area contributed by atoms with Crippen molar-refractivity contribution in [3.8, 4) is 0 Å². The lowest BCUT2D eigenvalue weighted by Gasteiger charge is -2.15. The molecule has 1 atom stereocenters. The fraction of sp³-hybridized carbons (Fsp3) is 0.538. The number of nitrogens with one attached hydrogen (secondary N) is 1. The number of rotatable bonds is 5. The molecule has 5 heteroatoms. The van der Waals surface area contributed by atoms with Gasteiger partial charge in [0.2, 0.25) is 0 Å². The summed E-state index contributed by atoms with van der Waals surface area (Å²) in [7, 11) is 5.95. The van der Waals surface area contributed by atoms with Gasteiger partial charge in [0, 0.05) is 43.8 Å². The highest BCUT2D eigenvalue weighted by molar-refractivity contribution is 5.20. The van der Waals surface area contributed by atoms with Gasteiger partial charge in [-0.05, 0) is 32.9 Å². The third kappa shape index (κ3) is 2.61. The summed E-state index contributed by atoms with van der Waals surface area (Å²) in [5.74, 6) is 0. The monoisotopic (exact) mass is 247 g/mol. The van der Waals surface area contributed by atoms with Crippen molar-refractivity contribution >= 4 is 0 Å². The van der Waals surface area contributed by atoms with E-state index in [-0.39, 0.29) is 0 Å². The Morgan fingerprint density at radius 1 is 1.39 bits per heavy atom. The van der Waals surface area contributed by atoms with Gasteiger partial charge in [-0.2, -0.15) is 10.2 Å². The van der Waals surface area contributed by atoms with E-state index in [1.165, 1.54) is 11.3 Å². The lowest BCUT2D eigenvalue weighted by molar-refractivity contribution is 0.533. The molecule has 0 aliphatic carbocycles. The normalized spacial score (nSPS) is 12.9. The Bertz CT molecular complexity index is 511. The highest BCUT2D eigenvalue weighted by Gasteiger charge is 2.15. The van der Waals surface area contributed by atoms with E-state index in [1.807, 2.05) is 36.7 Å². The van der Waals surface area contributed by atoms with Gasteiger partial charge in [-0.3, -0.25) is 9.36 Å². The zero-order valence-electron chi connectivity index (χ0n) is 11.5. The van der Waals surface area contributed by atoms with Crippen LogP contribution in [0.2, 0.25) is 0 Å². The summed E-state index contributed by atoms with van der Waals surface area (Å²) >= 11 is 0. The first-order valence-corrected chi connectivity index (χ1v) is 6.26. The second-order valence-electron chi connectivity index (χ2n) is 4.67. The predicted octanol–water partition coefficient (Wildman–Crippen LogP) is 1.36. The Balaban J connectivity index is 2.06. The maximum atomic E-state index is 4.40.